The molecule has 3 rings (SSSR count). The third kappa shape index (κ3) is 4.31. The Balaban J connectivity index is 1.76. The number of rotatable bonds is 4. The van der Waals surface area contributed by atoms with E-state index in [9.17, 15) is 14.4 Å². The molecule has 0 aromatic heterocycles. The number of benzene rings is 2. The summed E-state index contributed by atoms with van der Waals surface area (Å²) >= 11 is 7.77. The number of carbonyl (C=O) groups is 3. The Morgan fingerprint density at radius 3 is 2.68 bits per heavy atom. The van der Waals surface area contributed by atoms with Crippen molar-refractivity contribution < 1.29 is 14.4 Å². The minimum absolute atomic E-state index is 0.173. The molecule has 0 spiro atoms. The summed E-state index contributed by atoms with van der Waals surface area (Å²) in [5.74, 6) is -0.298. The number of nitrogens with zero attached hydrogens (tertiary/aromatic N) is 1. The second kappa shape index (κ2) is 7.72. The monoisotopic (exact) mass is 482 g/mol. The minimum Gasteiger partial charge on any atom is -0.321 e. The molecule has 0 unspecified atom stereocenters. The lowest BCUT2D eigenvalue weighted by atomic mass is 10.1. The summed E-state index contributed by atoms with van der Waals surface area (Å²) in [6.45, 7) is 0.173. The van der Waals surface area contributed by atoms with E-state index in [0.717, 1.165) is 26.3 Å². The van der Waals surface area contributed by atoms with E-state index in [4.69, 9.17) is 0 Å². The predicted octanol–water partition coefficient (Wildman–Crippen LogP) is 4.66. The second-order valence-corrected chi connectivity index (χ2v) is 8.01. The van der Waals surface area contributed by atoms with Crippen molar-refractivity contribution in [2.24, 2.45) is 0 Å². The zero-order valence-electron chi connectivity index (χ0n) is 12.8. The third-order valence-corrected chi connectivity index (χ3v) is 5.59. The molecular weight excluding hydrogens is 472 g/mol. The maximum absolute atomic E-state index is 12.5. The van der Waals surface area contributed by atoms with Crippen molar-refractivity contribution in [2.45, 2.75) is 6.54 Å². The fraction of sp³-hybridized carbons (Fsp3) is 0.118. The molecule has 5 nitrogen and oxygen atoms in total. The summed E-state index contributed by atoms with van der Waals surface area (Å²) in [5.41, 5.74) is 1.83. The average Bonchev–Trinajstić information content (AvgIpc) is 2.90. The van der Waals surface area contributed by atoms with Crippen LogP contribution in [0.1, 0.15) is 15.9 Å². The Kier molecular flexibility index (Phi) is 5.61. The summed E-state index contributed by atoms with van der Waals surface area (Å²) in [7, 11) is 0. The van der Waals surface area contributed by atoms with Gasteiger partial charge in [-0.2, -0.15) is 0 Å². The Morgan fingerprint density at radius 2 is 1.96 bits per heavy atom. The summed E-state index contributed by atoms with van der Waals surface area (Å²) in [5, 5.41) is 2.59. The number of amides is 3. The van der Waals surface area contributed by atoms with Crippen LogP contribution in [0.3, 0.4) is 0 Å². The van der Waals surface area contributed by atoms with Gasteiger partial charge in [0.15, 0.2) is 0 Å². The van der Waals surface area contributed by atoms with Gasteiger partial charge in [0.05, 0.1) is 18.0 Å². The molecule has 1 aliphatic rings. The Hall–Kier alpha value is -1.64. The van der Waals surface area contributed by atoms with E-state index in [1.807, 2.05) is 12.1 Å². The molecule has 8 heteroatoms. The molecule has 0 saturated carbocycles. The average molecular weight is 484 g/mol. The lowest BCUT2D eigenvalue weighted by Crippen LogP contribution is -2.28. The molecule has 25 heavy (non-hydrogen) atoms. The fourth-order valence-corrected chi connectivity index (χ4v) is 3.75. The Bertz CT molecular complexity index is 857. The second-order valence-electron chi connectivity index (χ2n) is 5.31. The van der Waals surface area contributed by atoms with Gasteiger partial charge in [0.1, 0.15) is 0 Å². The molecule has 1 aliphatic heterocycles. The first-order valence-corrected chi connectivity index (χ1v) is 9.83. The summed E-state index contributed by atoms with van der Waals surface area (Å²) in [4.78, 5) is 37.1. The minimum atomic E-state index is -0.269. The van der Waals surface area contributed by atoms with E-state index in [1.54, 1.807) is 30.3 Å². The lowest BCUT2D eigenvalue weighted by molar-refractivity contribution is -0.125. The van der Waals surface area contributed by atoms with Crippen LogP contribution in [-0.2, 0) is 11.3 Å². The highest BCUT2D eigenvalue weighted by Crippen LogP contribution is 2.27. The number of imide groups is 1. The molecule has 0 radical (unpaired) electrons. The van der Waals surface area contributed by atoms with Crippen LogP contribution in [0.5, 0.6) is 0 Å². The van der Waals surface area contributed by atoms with Crippen LogP contribution in [0, 0.1) is 0 Å². The van der Waals surface area contributed by atoms with E-state index in [-0.39, 0.29) is 29.4 Å². The van der Waals surface area contributed by atoms with Gasteiger partial charge < -0.3 is 5.32 Å². The fourth-order valence-electron chi connectivity index (χ4n) is 2.32. The van der Waals surface area contributed by atoms with Gasteiger partial charge in [-0.25, -0.2) is 0 Å². The first-order valence-electron chi connectivity index (χ1n) is 7.26. The highest BCUT2D eigenvalue weighted by atomic mass is 79.9. The van der Waals surface area contributed by atoms with Gasteiger partial charge in [-0.1, -0.05) is 39.8 Å². The van der Waals surface area contributed by atoms with Gasteiger partial charge in [0.2, 0.25) is 5.91 Å². The summed E-state index contributed by atoms with van der Waals surface area (Å²) in [6.07, 6.45) is 0. The van der Waals surface area contributed by atoms with Crippen molar-refractivity contribution in [3.63, 3.8) is 0 Å². The van der Waals surface area contributed by atoms with Crippen molar-refractivity contribution in [3.8, 4) is 0 Å². The normalized spacial score (nSPS) is 14.1. The standard InChI is InChI=1S/C17H12Br2N2O3S/c18-12-4-5-13(19)14(7-12)20-16(23)11-3-1-2-10(6-11)8-21-15(22)9-25-17(21)24/h1-7H,8-9H2,(H,20,23). The van der Waals surface area contributed by atoms with E-state index < -0.39 is 0 Å². The number of hydrogen-bond acceptors (Lipinski definition) is 4. The molecular formula is C17H12Br2N2O3S. The lowest BCUT2D eigenvalue weighted by Gasteiger charge is -2.14. The van der Waals surface area contributed by atoms with Crippen LogP contribution < -0.4 is 5.32 Å². The molecule has 0 atom stereocenters. The van der Waals surface area contributed by atoms with E-state index in [0.29, 0.717) is 11.3 Å². The van der Waals surface area contributed by atoms with Gasteiger partial charge in [0.25, 0.3) is 11.1 Å². The number of halogens is 2. The zero-order chi connectivity index (χ0) is 18.0. The van der Waals surface area contributed by atoms with Crippen LogP contribution in [0.15, 0.2) is 51.4 Å². The number of nitrogens with one attached hydrogen (secondary N) is 1. The van der Waals surface area contributed by atoms with Crippen LogP contribution >= 0.6 is 43.6 Å². The highest BCUT2D eigenvalue weighted by Gasteiger charge is 2.29. The van der Waals surface area contributed by atoms with Crippen LogP contribution in [0.2, 0.25) is 0 Å². The van der Waals surface area contributed by atoms with Crippen LogP contribution in [0.25, 0.3) is 0 Å². The van der Waals surface area contributed by atoms with Gasteiger partial charge >= 0.3 is 0 Å². The zero-order valence-corrected chi connectivity index (χ0v) is 16.8. The largest absolute Gasteiger partial charge is 0.321 e. The van der Waals surface area contributed by atoms with Crippen molar-refractivity contribution in [3.05, 3.63) is 62.5 Å². The molecule has 0 aliphatic carbocycles. The van der Waals surface area contributed by atoms with Crippen molar-refractivity contribution in [2.75, 3.05) is 11.1 Å². The van der Waals surface area contributed by atoms with Crippen molar-refractivity contribution >= 4 is 66.4 Å². The molecule has 2 aromatic rings. The topological polar surface area (TPSA) is 66.5 Å². The molecule has 1 heterocycles. The molecule has 3 amide bonds. The van der Waals surface area contributed by atoms with Crippen LogP contribution in [0.4, 0.5) is 10.5 Å². The molecule has 0 bridgehead atoms. The molecule has 128 valence electrons. The SMILES string of the molecule is O=C(Nc1cc(Br)ccc1Br)c1cccc(CN2C(=O)CSC2=O)c1. The predicted molar refractivity (Wildman–Crippen MR) is 105 cm³/mol. The first-order chi connectivity index (χ1) is 11.9. The maximum atomic E-state index is 12.5. The highest BCUT2D eigenvalue weighted by molar-refractivity contribution is 9.11. The molecule has 1 fully saturated rings. The van der Waals surface area contributed by atoms with E-state index >= 15 is 0 Å². The number of thioether (sulfide) groups is 1. The Morgan fingerprint density at radius 1 is 1.16 bits per heavy atom. The van der Waals surface area contributed by atoms with Gasteiger partial charge in [-0.3, -0.25) is 19.3 Å². The summed E-state index contributed by atoms with van der Waals surface area (Å²) < 4.78 is 1.62. The van der Waals surface area contributed by atoms with E-state index in [1.165, 1.54) is 4.90 Å². The number of carbonyl (C=O) groups excluding carboxylic acids is 3. The third-order valence-electron chi connectivity index (χ3n) is 3.55. The Labute approximate surface area is 165 Å². The smallest absolute Gasteiger partial charge is 0.289 e. The van der Waals surface area contributed by atoms with Crippen molar-refractivity contribution in [1.29, 1.82) is 0 Å². The van der Waals surface area contributed by atoms with Crippen molar-refractivity contribution in [1.82, 2.24) is 4.90 Å². The van der Waals surface area contributed by atoms with Gasteiger partial charge in [0, 0.05) is 14.5 Å². The molecule has 1 saturated heterocycles. The summed E-state index contributed by atoms with van der Waals surface area (Å²) in [6, 6.07) is 12.4. The van der Waals surface area contributed by atoms with Gasteiger partial charge in [-0.05, 0) is 51.8 Å². The molecule has 1 N–H and O–H groups in total. The van der Waals surface area contributed by atoms with E-state index in [2.05, 4.69) is 37.2 Å². The number of anilines is 1. The first kappa shape index (κ1) is 18.2. The molecule has 2 aromatic carbocycles. The van der Waals surface area contributed by atoms with Gasteiger partial charge in [-0.15, -0.1) is 0 Å². The maximum Gasteiger partial charge on any atom is 0.289 e. The van der Waals surface area contributed by atoms with Crippen LogP contribution in [-0.4, -0.2) is 27.7 Å². The number of hydrogen-bond donors (Lipinski definition) is 1. The quantitative estimate of drug-likeness (QED) is 0.686.